The summed E-state index contributed by atoms with van der Waals surface area (Å²) in [6.07, 6.45) is -0.839. The lowest BCUT2D eigenvalue weighted by atomic mass is 10.2. The third kappa shape index (κ3) is 5.97. The Morgan fingerprint density at radius 2 is 1.50 bits per heavy atom. The number of amides is 2. The lowest BCUT2D eigenvalue weighted by Gasteiger charge is -2.28. The molecule has 8 nitrogen and oxygen atoms in total. The number of carboxylic acid groups (broad SMARTS) is 1. The molecule has 2 aromatic rings. The van der Waals surface area contributed by atoms with Gasteiger partial charge in [-0.25, -0.2) is 9.59 Å². The fourth-order valence-electron chi connectivity index (χ4n) is 3.26. The van der Waals surface area contributed by atoms with E-state index >= 15 is 0 Å². The number of carboxylic acids is 1. The standard InChI is InChI=1S/C22H24N2O6/c25-20(26)14-24(22(28)30-16-18-9-5-2-6-10-18)19-11-12-23(13-19)21(27)29-15-17-7-3-1-4-8-17/h1-10,19H,11-16H2,(H,25,26)/p-1. The third-order valence-electron chi connectivity index (χ3n) is 4.81. The fourth-order valence-corrected chi connectivity index (χ4v) is 3.26. The molecule has 1 fully saturated rings. The molecule has 1 unspecified atom stereocenters. The molecule has 0 radical (unpaired) electrons. The second-order valence-electron chi connectivity index (χ2n) is 6.97. The van der Waals surface area contributed by atoms with Crippen LogP contribution in [0.2, 0.25) is 0 Å². The Kier molecular flexibility index (Phi) is 7.26. The number of hydrogen-bond acceptors (Lipinski definition) is 6. The van der Waals surface area contributed by atoms with Gasteiger partial charge in [0, 0.05) is 13.1 Å². The van der Waals surface area contributed by atoms with Crippen molar-refractivity contribution < 1.29 is 29.0 Å². The largest absolute Gasteiger partial charge is 0.548 e. The highest BCUT2D eigenvalue weighted by Crippen LogP contribution is 2.18. The highest BCUT2D eigenvalue weighted by atomic mass is 16.6. The van der Waals surface area contributed by atoms with Crippen LogP contribution in [0.1, 0.15) is 17.5 Å². The van der Waals surface area contributed by atoms with Gasteiger partial charge >= 0.3 is 12.2 Å². The number of ether oxygens (including phenoxy) is 2. The molecule has 0 aromatic heterocycles. The van der Waals surface area contributed by atoms with Crippen LogP contribution in [-0.2, 0) is 27.5 Å². The zero-order valence-electron chi connectivity index (χ0n) is 16.4. The predicted molar refractivity (Wildman–Crippen MR) is 105 cm³/mol. The van der Waals surface area contributed by atoms with Gasteiger partial charge in [0.15, 0.2) is 0 Å². The van der Waals surface area contributed by atoms with Crippen molar-refractivity contribution >= 4 is 18.2 Å². The number of carbonyl (C=O) groups excluding carboxylic acids is 3. The van der Waals surface area contributed by atoms with E-state index in [1.807, 2.05) is 48.5 Å². The minimum Gasteiger partial charge on any atom is -0.548 e. The van der Waals surface area contributed by atoms with Gasteiger partial charge in [-0.3, -0.25) is 4.90 Å². The maximum absolute atomic E-state index is 12.5. The first kappa shape index (κ1) is 21.2. The van der Waals surface area contributed by atoms with Crippen molar-refractivity contribution in [3.8, 4) is 0 Å². The third-order valence-corrected chi connectivity index (χ3v) is 4.81. The first-order valence-corrected chi connectivity index (χ1v) is 9.65. The number of hydrogen-bond donors (Lipinski definition) is 0. The van der Waals surface area contributed by atoms with E-state index in [1.165, 1.54) is 4.90 Å². The molecule has 30 heavy (non-hydrogen) atoms. The van der Waals surface area contributed by atoms with Crippen molar-refractivity contribution in [3.63, 3.8) is 0 Å². The molecule has 1 aliphatic rings. The Labute approximate surface area is 174 Å². The zero-order valence-corrected chi connectivity index (χ0v) is 16.4. The Morgan fingerprint density at radius 1 is 0.933 bits per heavy atom. The number of nitrogens with zero attached hydrogens (tertiary/aromatic N) is 2. The number of aliphatic carboxylic acids is 1. The first-order valence-electron chi connectivity index (χ1n) is 9.65. The van der Waals surface area contributed by atoms with Crippen LogP contribution in [-0.4, -0.2) is 53.6 Å². The number of carbonyl (C=O) groups is 3. The molecule has 158 valence electrons. The molecule has 0 spiro atoms. The fraction of sp³-hybridized carbons (Fsp3) is 0.318. The highest BCUT2D eigenvalue weighted by molar-refractivity contribution is 5.76. The number of rotatable bonds is 7. The van der Waals surface area contributed by atoms with Gasteiger partial charge < -0.3 is 24.3 Å². The molecule has 2 amide bonds. The highest BCUT2D eigenvalue weighted by Gasteiger charge is 2.34. The van der Waals surface area contributed by atoms with E-state index in [9.17, 15) is 19.5 Å². The molecule has 3 rings (SSSR count). The monoisotopic (exact) mass is 411 g/mol. The second kappa shape index (κ2) is 10.3. The first-order chi connectivity index (χ1) is 14.5. The van der Waals surface area contributed by atoms with Crippen LogP contribution >= 0.6 is 0 Å². The summed E-state index contributed by atoms with van der Waals surface area (Å²) in [4.78, 5) is 38.5. The second-order valence-corrected chi connectivity index (χ2v) is 6.97. The molecule has 1 aliphatic heterocycles. The normalized spacial score (nSPS) is 15.5. The van der Waals surface area contributed by atoms with E-state index in [0.29, 0.717) is 13.0 Å². The van der Waals surface area contributed by atoms with Crippen molar-refractivity contribution in [2.24, 2.45) is 0 Å². The molecule has 2 aromatic carbocycles. The Balaban J connectivity index is 1.54. The maximum Gasteiger partial charge on any atom is 0.410 e. The van der Waals surface area contributed by atoms with Crippen molar-refractivity contribution in [1.82, 2.24) is 9.80 Å². The molecule has 1 saturated heterocycles. The average molecular weight is 411 g/mol. The van der Waals surface area contributed by atoms with Gasteiger partial charge in [-0.2, -0.15) is 0 Å². The van der Waals surface area contributed by atoms with E-state index in [1.54, 1.807) is 12.1 Å². The van der Waals surface area contributed by atoms with Crippen LogP contribution in [0.5, 0.6) is 0 Å². The summed E-state index contributed by atoms with van der Waals surface area (Å²) >= 11 is 0. The minimum atomic E-state index is -1.39. The Bertz CT molecular complexity index is 858. The van der Waals surface area contributed by atoms with E-state index in [4.69, 9.17) is 9.47 Å². The van der Waals surface area contributed by atoms with Crippen molar-refractivity contribution in [2.75, 3.05) is 19.6 Å². The van der Waals surface area contributed by atoms with Gasteiger partial charge in [-0.15, -0.1) is 0 Å². The lowest BCUT2D eigenvalue weighted by molar-refractivity contribution is -0.306. The molecular weight excluding hydrogens is 388 g/mol. The summed E-state index contributed by atoms with van der Waals surface area (Å²) in [5.41, 5.74) is 1.65. The molecule has 0 bridgehead atoms. The summed E-state index contributed by atoms with van der Waals surface area (Å²) in [6, 6.07) is 17.9. The van der Waals surface area contributed by atoms with Crippen molar-refractivity contribution in [3.05, 3.63) is 71.8 Å². The molecular formula is C22H23N2O6-. The minimum absolute atomic E-state index is 0.0266. The van der Waals surface area contributed by atoms with Crippen LogP contribution in [0.15, 0.2) is 60.7 Å². The average Bonchev–Trinajstić information content (AvgIpc) is 3.25. The summed E-state index contributed by atoms with van der Waals surface area (Å²) < 4.78 is 10.6. The van der Waals surface area contributed by atoms with Crippen LogP contribution in [0.3, 0.4) is 0 Å². The zero-order chi connectivity index (χ0) is 21.3. The lowest BCUT2D eigenvalue weighted by Crippen LogP contribution is -2.48. The van der Waals surface area contributed by atoms with Crippen LogP contribution in [0.25, 0.3) is 0 Å². The molecule has 8 heteroatoms. The quantitative estimate of drug-likeness (QED) is 0.689. The van der Waals surface area contributed by atoms with Crippen molar-refractivity contribution in [1.29, 1.82) is 0 Å². The molecule has 0 N–H and O–H groups in total. The van der Waals surface area contributed by atoms with Crippen molar-refractivity contribution in [2.45, 2.75) is 25.7 Å². The van der Waals surface area contributed by atoms with Crippen LogP contribution < -0.4 is 5.11 Å². The van der Waals surface area contributed by atoms with E-state index in [2.05, 4.69) is 0 Å². The van der Waals surface area contributed by atoms with E-state index < -0.39 is 30.7 Å². The van der Waals surface area contributed by atoms with E-state index in [-0.39, 0.29) is 19.8 Å². The van der Waals surface area contributed by atoms with E-state index in [0.717, 1.165) is 16.0 Å². The topological polar surface area (TPSA) is 99.2 Å². The summed E-state index contributed by atoms with van der Waals surface area (Å²) in [7, 11) is 0. The SMILES string of the molecule is O=C([O-])CN(C(=O)OCc1ccccc1)C1CCN(C(=O)OCc2ccccc2)C1. The van der Waals surface area contributed by atoms with Gasteiger partial charge in [0.1, 0.15) is 13.2 Å². The predicted octanol–water partition coefficient (Wildman–Crippen LogP) is 1.79. The van der Waals surface area contributed by atoms with Gasteiger partial charge in [0.05, 0.1) is 18.6 Å². The number of likely N-dealkylation sites (tertiary alicyclic amines) is 1. The summed E-state index contributed by atoms with van der Waals surface area (Å²) in [5.74, 6) is -1.39. The Hall–Kier alpha value is -3.55. The molecule has 1 heterocycles. The Morgan fingerprint density at radius 3 is 2.07 bits per heavy atom. The number of benzene rings is 2. The molecule has 0 saturated carbocycles. The van der Waals surface area contributed by atoms with Gasteiger partial charge in [0.25, 0.3) is 0 Å². The van der Waals surface area contributed by atoms with Crippen LogP contribution in [0, 0.1) is 0 Å². The maximum atomic E-state index is 12.5. The van der Waals surface area contributed by atoms with Crippen LogP contribution in [0.4, 0.5) is 9.59 Å². The molecule has 1 atom stereocenters. The van der Waals surface area contributed by atoms with Gasteiger partial charge in [0.2, 0.25) is 0 Å². The molecule has 0 aliphatic carbocycles. The summed E-state index contributed by atoms with van der Waals surface area (Å²) in [5, 5.41) is 11.2. The summed E-state index contributed by atoms with van der Waals surface area (Å²) in [6.45, 7) is 0.0851. The van der Waals surface area contributed by atoms with Gasteiger partial charge in [-0.1, -0.05) is 60.7 Å². The smallest absolute Gasteiger partial charge is 0.410 e. The van der Waals surface area contributed by atoms with Gasteiger partial charge in [-0.05, 0) is 17.5 Å².